The molecule has 14 nitrogen and oxygen atoms in total. The van der Waals surface area contributed by atoms with E-state index in [0.717, 1.165) is 30.4 Å². The standard InChI is InChI=1S/C16H10N6O8S2/c17-21-19-9-1-3-11(15(7-9)31-30-29-25)13(23)5-6-14(24)12-4-2-10(20-22-18)8-16(12)32(26,27)28/h1-8,25H,(H,26,27,28)/b6-5+. The summed E-state index contributed by atoms with van der Waals surface area (Å²) in [5, 5.41) is 18.3. The maximum atomic E-state index is 12.5. The topological polar surface area (TPSA) is 225 Å². The number of hydrogen-bond donors (Lipinski definition) is 2. The Balaban J connectivity index is 2.40. The molecule has 0 aliphatic rings. The van der Waals surface area contributed by atoms with E-state index in [1.165, 1.54) is 18.2 Å². The minimum atomic E-state index is -4.86. The molecule has 0 unspecified atom stereocenters. The number of carbonyl (C=O) groups is 2. The Hall–Kier alpha value is -3.72. The highest BCUT2D eigenvalue weighted by Crippen LogP contribution is 2.29. The van der Waals surface area contributed by atoms with Crippen molar-refractivity contribution in [2.75, 3.05) is 0 Å². The first-order valence-corrected chi connectivity index (χ1v) is 10.2. The molecule has 2 aromatic rings. The van der Waals surface area contributed by atoms with Gasteiger partial charge in [0.15, 0.2) is 11.6 Å². The lowest BCUT2D eigenvalue weighted by molar-refractivity contribution is -0.432. The van der Waals surface area contributed by atoms with Crippen LogP contribution in [0, 0.1) is 0 Å². The van der Waals surface area contributed by atoms with Gasteiger partial charge in [0.1, 0.15) is 4.90 Å². The molecule has 0 atom stereocenters. The van der Waals surface area contributed by atoms with E-state index in [1.54, 1.807) is 0 Å². The number of allylic oxidation sites excluding steroid dienone is 2. The fourth-order valence-corrected chi connectivity index (χ4v) is 3.57. The highest BCUT2D eigenvalue weighted by Gasteiger charge is 2.20. The molecule has 164 valence electrons. The summed E-state index contributed by atoms with van der Waals surface area (Å²) in [6.45, 7) is 0. The zero-order valence-electron chi connectivity index (χ0n) is 15.5. The van der Waals surface area contributed by atoms with E-state index in [0.29, 0.717) is 12.0 Å². The summed E-state index contributed by atoms with van der Waals surface area (Å²) in [7, 11) is -4.86. The maximum absolute atomic E-state index is 12.5. The Bertz CT molecular complexity index is 1300. The smallest absolute Gasteiger partial charge is 0.289 e. The van der Waals surface area contributed by atoms with Gasteiger partial charge in [-0.05, 0) is 47.5 Å². The second kappa shape index (κ2) is 11.1. The normalized spacial score (nSPS) is 10.9. The molecule has 0 bridgehead atoms. The van der Waals surface area contributed by atoms with Crippen molar-refractivity contribution in [1.82, 2.24) is 0 Å². The fourth-order valence-electron chi connectivity index (χ4n) is 2.32. The predicted octanol–water partition coefficient (Wildman–Crippen LogP) is 4.87. The van der Waals surface area contributed by atoms with Crippen LogP contribution in [0.25, 0.3) is 20.9 Å². The van der Waals surface area contributed by atoms with Crippen molar-refractivity contribution < 1.29 is 37.2 Å². The van der Waals surface area contributed by atoms with Gasteiger partial charge in [-0.25, -0.2) is 5.26 Å². The van der Waals surface area contributed by atoms with Crippen LogP contribution in [0.1, 0.15) is 20.7 Å². The lowest BCUT2D eigenvalue weighted by atomic mass is 10.1. The SMILES string of the molecule is [N-]=[N+]=Nc1ccc(C(=O)/C=C/C(=O)c2ccc(N=[N+]=[N-])cc2S(=O)(=O)O)c(SOOO)c1. The van der Waals surface area contributed by atoms with Gasteiger partial charge in [-0.3, -0.25) is 14.1 Å². The van der Waals surface area contributed by atoms with Gasteiger partial charge in [0.05, 0.1) is 16.9 Å². The first-order valence-electron chi connectivity index (χ1n) is 7.98. The molecule has 0 spiro atoms. The third-order valence-electron chi connectivity index (χ3n) is 3.60. The van der Waals surface area contributed by atoms with Gasteiger partial charge < -0.3 is 0 Å². The molecule has 16 heteroatoms. The zero-order valence-corrected chi connectivity index (χ0v) is 17.1. The molecule has 32 heavy (non-hydrogen) atoms. The number of carbonyl (C=O) groups excluding carboxylic acids is 2. The van der Waals surface area contributed by atoms with Crippen molar-refractivity contribution in [2.24, 2.45) is 10.2 Å². The van der Waals surface area contributed by atoms with E-state index in [9.17, 15) is 22.6 Å². The molecular formula is C16H10N6O8S2. The summed E-state index contributed by atoms with van der Waals surface area (Å²) >= 11 is 0.411. The lowest BCUT2D eigenvalue weighted by Crippen LogP contribution is -2.07. The molecule has 0 aromatic heterocycles. The largest absolute Gasteiger partial charge is 0.295 e. The molecule has 0 amide bonds. The minimum absolute atomic E-state index is 0.0401. The van der Waals surface area contributed by atoms with Crippen LogP contribution in [0.2, 0.25) is 0 Å². The van der Waals surface area contributed by atoms with E-state index in [1.807, 2.05) is 0 Å². The molecule has 2 N–H and O–H groups in total. The van der Waals surface area contributed by atoms with Crippen LogP contribution >= 0.6 is 12.0 Å². The Kier molecular flexibility index (Phi) is 8.48. The van der Waals surface area contributed by atoms with Crippen LogP contribution in [-0.4, -0.2) is 29.8 Å². The van der Waals surface area contributed by atoms with Crippen molar-refractivity contribution in [1.29, 1.82) is 0 Å². The van der Waals surface area contributed by atoms with Crippen LogP contribution in [-0.2, 0) is 19.5 Å². The third-order valence-corrected chi connectivity index (χ3v) is 5.14. The summed E-state index contributed by atoms with van der Waals surface area (Å²) in [6.07, 6.45) is 1.59. The predicted molar refractivity (Wildman–Crippen MR) is 109 cm³/mol. The second-order valence-corrected chi connectivity index (χ2v) is 7.64. The third kappa shape index (κ3) is 6.39. The average Bonchev–Trinajstić information content (AvgIpc) is 2.75. The van der Waals surface area contributed by atoms with E-state index in [4.69, 9.17) is 16.3 Å². The van der Waals surface area contributed by atoms with Gasteiger partial charge >= 0.3 is 0 Å². The Morgan fingerprint density at radius 1 is 0.969 bits per heavy atom. The molecular weight excluding hydrogens is 468 g/mol. The number of rotatable bonds is 10. The van der Waals surface area contributed by atoms with Gasteiger partial charge in [-0.15, -0.1) is 4.33 Å². The number of azide groups is 2. The zero-order chi connectivity index (χ0) is 23.7. The second-order valence-electron chi connectivity index (χ2n) is 5.50. The molecule has 0 fully saturated rings. The minimum Gasteiger partial charge on any atom is -0.289 e. The van der Waals surface area contributed by atoms with Crippen LogP contribution in [0.3, 0.4) is 0 Å². The number of hydrogen-bond acceptors (Lipinski definition) is 10. The average molecular weight is 478 g/mol. The van der Waals surface area contributed by atoms with Crippen molar-refractivity contribution in [3.05, 3.63) is 80.6 Å². The lowest BCUT2D eigenvalue weighted by Gasteiger charge is -2.06. The first-order chi connectivity index (χ1) is 15.2. The van der Waals surface area contributed by atoms with Gasteiger partial charge in [-0.2, -0.15) is 8.42 Å². The number of benzene rings is 2. The van der Waals surface area contributed by atoms with Gasteiger partial charge in [0.2, 0.25) is 0 Å². The molecule has 0 saturated carbocycles. The van der Waals surface area contributed by atoms with Crippen LogP contribution in [0.4, 0.5) is 11.4 Å². The van der Waals surface area contributed by atoms with Crippen molar-refractivity contribution in [3.63, 3.8) is 0 Å². The first kappa shape index (κ1) is 24.5. The summed E-state index contributed by atoms with van der Waals surface area (Å²) in [4.78, 5) is 29.3. The van der Waals surface area contributed by atoms with E-state index >= 15 is 0 Å². The molecule has 2 rings (SSSR count). The van der Waals surface area contributed by atoms with Crippen molar-refractivity contribution >= 4 is 45.1 Å². The molecule has 0 aliphatic carbocycles. The Labute approximate surface area is 183 Å². The highest BCUT2D eigenvalue weighted by atomic mass is 32.2. The molecule has 0 aliphatic heterocycles. The van der Waals surface area contributed by atoms with Crippen molar-refractivity contribution in [2.45, 2.75) is 9.79 Å². The Morgan fingerprint density at radius 2 is 1.50 bits per heavy atom. The van der Waals surface area contributed by atoms with Crippen LogP contribution in [0.15, 0.2) is 68.6 Å². The summed E-state index contributed by atoms with van der Waals surface area (Å²) < 4.78 is 36.9. The monoisotopic (exact) mass is 478 g/mol. The van der Waals surface area contributed by atoms with Gasteiger partial charge in [0.25, 0.3) is 10.1 Å². The van der Waals surface area contributed by atoms with Crippen LogP contribution in [0.5, 0.6) is 0 Å². The Morgan fingerprint density at radius 3 is 2.03 bits per heavy atom. The molecule has 2 aromatic carbocycles. The maximum Gasteiger partial charge on any atom is 0.295 e. The van der Waals surface area contributed by atoms with E-state index in [2.05, 4.69) is 29.4 Å². The molecule has 0 saturated heterocycles. The van der Waals surface area contributed by atoms with E-state index in [-0.39, 0.29) is 21.8 Å². The van der Waals surface area contributed by atoms with Gasteiger partial charge in [0, 0.05) is 32.3 Å². The quantitative estimate of drug-likeness (QED) is 0.0545. The summed E-state index contributed by atoms with van der Waals surface area (Å²) in [5.74, 6) is -1.69. The highest BCUT2D eigenvalue weighted by molar-refractivity contribution is 7.94. The fraction of sp³-hybridized carbons (Fsp3) is 0. The van der Waals surface area contributed by atoms with Gasteiger partial charge in [-0.1, -0.05) is 27.4 Å². The van der Waals surface area contributed by atoms with E-state index < -0.39 is 32.1 Å². The molecule has 0 heterocycles. The summed E-state index contributed by atoms with van der Waals surface area (Å²) in [6, 6.07) is 6.75. The molecule has 0 radical (unpaired) electrons. The number of nitrogens with zero attached hydrogens (tertiary/aromatic N) is 6. The van der Waals surface area contributed by atoms with Crippen LogP contribution < -0.4 is 0 Å². The summed E-state index contributed by atoms with van der Waals surface area (Å²) in [5.41, 5.74) is 16.4. The number of ketones is 2. The van der Waals surface area contributed by atoms with Crippen molar-refractivity contribution in [3.8, 4) is 0 Å².